The number of hydrogen-bond donors (Lipinski definition) is 8. The molecule has 5 atom stereocenters. The third kappa shape index (κ3) is 3.30. The van der Waals surface area contributed by atoms with Crippen molar-refractivity contribution in [2.45, 2.75) is 37.6 Å². The van der Waals surface area contributed by atoms with Gasteiger partial charge in [-0.15, -0.1) is 0 Å². The third-order valence-electron chi connectivity index (χ3n) is 5.90. The summed E-state index contributed by atoms with van der Waals surface area (Å²) < 4.78 is 21.2. The van der Waals surface area contributed by atoms with Crippen molar-refractivity contribution in [2.75, 3.05) is 14.2 Å². The molecule has 1 heterocycles. The maximum Gasteiger partial charge on any atom is 0.229 e. The third-order valence-corrected chi connectivity index (χ3v) is 5.90. The Balaban J connectivity index is 1.96. The van der Waals surface area contributed by atoms with Crippen LogP contribution in [0.25, 0.3) is 21.5 Å². The molecule has 1 saturated heterocycles. The number of benzene rings is 3. The average Bonchev–Trinajstić information content (AvgIpc) is 2.79. The van der Waals surface area contributed by atoms with Crippen molar-refractivity contribution >= 4 is 21.5 Å². The van der Waals surface area contributed by atoms with E-state index in [0.29, 0.717) is 0 Å². The minimum atomic E-state index is -1.68. The molecule has 0 aliphatic carbocycles. The molecule has 12 heteroatoms. The molecule has 0 radical (unpaired) electrons. The van der Waals surface area contributed by atoms with Gasteiger partial charge in [-0.25, -0.2) is 0 Å². The van der Waals surface area contributed by atoms with Gasteiger partial charge in [0.1, 0.15) is 29.8 Å². The van der Waals surface area contributed by atoms with Crippen LogP contribution >= 0.6 is 0 Å². The van der Waals surface area contributed by atoms with Gasteiger partial charge in [0.2, 0.25) is 17.8 Å². The monoisotopic (exact) mass is 480 g/mol. The first-order valence-electron chi connectivity index (χ1n) is 10.1. The van der Waals surface area contributed by atoms with Crippen LogP contribution in [0.4, 0.5) is 0 Å². The average molecular weight is 480 g/mol. The van der Waals surface area contributed by atoms with Crippen LogP contribution in [0.3, 0.4) is 0 Å². The fourth-order valence-electron chi connectivity index (χ4n) is 4.11. The Morgan fingerprint density at radius 3 is 1.79 bits per heavy atom. The predicted octanol–water partition coefficient (Wildman–Crippen LogP) is 0.744. The highest BCUT2D eigenvalue weighted by Crippen LogP contribution is 2.56. The summed E-state index contributed by atoms with van der Waals surface area (Å²) in [7, 11) is 2.37. The number of fused-ring (bicyclic) bond motifs is 2. The van der Waals surface area contributed by atoms with Gasteiger partial charge in [-0.1, -0.05) is 0 Å². The number of methoxy groups -OCH3 is 2. The van der Waals surface area contributed by atoms with Gasteiger partial charge in [0, 0.05) is 10.8 Å². The van der Waals surface area contributed by atoms with Crippen molar-refractivity contribution in [1.29, 1.82) is 0 Å². The summed E-state index contributed by atoms with van der Waals surface area (Å²) in [6, 6.07) is 2.19. The maximum atomic E-state index is 10.9. The molecular formula is C22H24O12. The van der Waals surface area contributed by atoms with Crippen LogP contribution < -0.4 is 14.2 Å². The van der Waals surface area contributed by atoms with Gasteiger partial charge in [0.15, 0.2) is 23.0 Å². The summed E-state index contributed by atoms with van der Waals surface area (Å²) in [5, 5.41) is 82.5. The van der Waals surface area contributed by atoms with Gasteiger partial charge in [-0.2, -0.15) is 0 Å². The fraction of sp³-hybridized carbons (Fsp3) is 0.364. The van der Waals surface area contributed by atoms with Gasteiger partial charge < -0.3 is 59.8 Å². The zero-order chi connectivity index (χ0) is 25.1. The molecule has 3 aromatic rings. The molecule has 1 fully saturated rings. The van der Waals surface area contributed by atoms with Crippen LogP contribution in [-0.2, 0) is 4.74 Å². The number of phenols is 5. The summed E-state index contributed by atoms with van der Waals surface area (Å²) in [6.45, 7) is 1.45. The van der Waals surface area contributed by atoms with E-state index in [1.807, 2.05) is 0 Å². The molecule has 3 aromatic carbocycles. The van der Waals surface area contributed by atoms with E-state index < -0.39 is 59.5 Å². The number of aromatic hydroxyl groups is 5. The van der Waals surface area contributed by atoms with Crippen molar-refractivity contribution in [3.63, 3.8) is 0 Å². The van der Waals surface area contributed by atoms with Crippen LogP contribution in [0.5, 0.6) is 46.0 Å². The Kier molecular flexibility index (Phi) is 5.77. The molecule has 34 heavy (non-hydrogen) atoms. The molecule has 0 unspecified atom stereocenters. The molecular weight excluding hydrogens is 456 g/mol. The van der Waals surface area contributed by atoms with Crippen LogP contribution in [0.2, 0.25) is 0 Å². The van der Waals surface area contributed by atoms with Crippen molar-refractivity contribution < 1.29 is 59.8 Å². The van der Waals surface area contributed by atoms with Crippen molar-refractivity contribution in [3.8, 4) is 46.0 Å². The second-order valence-corrected chi connectivity index (χ2v) is 7.88. The van der Waals surface area contributed by atoms with E-state index in [1.54, 1.807) is 0 Å². The maximum absolute atomic E-state index is 10.9. The van der Waals surface area contributed by atoms with E-state index in [4.69, 9.17) is 18.9 Å². The highest BCUT2D eigenvalue weighted by molar-refractivity contribution is 6.16. The predicted molar refractivity (Wildman–Crippen MR) is 116 cm³/mol. The zero-order valence-corrected chi connectivity index (χ0v) is 18.3. The van der Waals surface area contributed by atoms with E-state index in [9.17, 15) is 40.9 Å². The van der Waals surface area contributed by atoms with Crippen molar-refractivity contribution in [3.05, 3.63) is 12.1 Å². The number of ether oxygens (including phenoxy) is 4. The van der Waals surface area contributed by atoms with Gasteiger partial charge in [-0.05, 0) is 19.1 Å². The molecule has 0 saturated carbocycles. The highest BCUT2D eigenvalue weighted by Gasteiger charge is 2.43. The lowest BCUT2D eigenvalue weighted by atomic mass is 9.97. The minimum absolute atomic E-state index is 0.191. The lowest BCUT2D eigenvalue weighted by Gasteiger charge is -2.39. The summed E-state index contributed by atoms with van der Waals surface area (Å²) in [5.74, 6) is -3.98. The molecule has 0 aromatic heterocycles. The molecule has 4 rings (SSSR count). The topological polar surface area (TPSA) is 199 Å². The molecule has 12 nitrogen and oxygen atoms in total. The normalized spacial score (nSPS) is 24.9. The van der Waals surface area contributed by atoms with Gasteiger partial charge >= 0.3 is 0 Å². The van der Waals surface area contributed by atoms with Gasteiger partial charge in [-0.3, -0.25) is 0 Å². The standard InChI is InChI=1S/C22H24O12/c1-6-13(24)18(29)19(30)22(33-6)34-10-5-8-12(17(28)21(10)32-3)14(25)7-4-9(23)20(31-2)16(27)11(7)15(8)26/h4-6,13,18-19,22-30H,1-3H3/t6-,13-,18+,19+,22-/m0/s1. The molecule has 0 bridgehead atoms. The summed E-state index contributed by atoms with van der Waals surface area (Å²) in [6.07, 6.45) is -7.05. The molecule has 0 amide bonds. The largest absolute Gasteiger partial charge is 0.506 e. The SMILES string of the molecule is COc1c(O)cc2c(O)c3c(O)c(OC)c(O[C@@H]4O[C@@H](C)[C@H](O)[C@@H](O)[C@H]4O)cc3c(O)c2c1O. The Morgan fingerprint density at radius 1 is 0.706 bits per heavy atom. The summed E-state index contributed by atoms with van der Waals surface area (Å²) in [5.41, 5.74) is 0. The van der Waals surface area contributed by atoms with Gasteiger partial charge in [0.25, 0.3) is 0 Å². The van der Waals surface area contributed by atoms with Crippen LogP contribution in [0.15, 0.2) is 12.1 Å². The minimum Gasteiger partial charge on any atom is -0.506 e. The second-order valence-electron chi connectivity index (χ2n) is 7.88. The Labute approximate surface area is 192 Å². The summed E-state index contributed by atoms with van der Waals surface area (Å²) in [4.78, 5) is 0. The van der Waals surface area contributed by atoms with Crippen LogP contribution in [0.1, 0.15) is 6.92 Å². The summed E-state index contributed by atoms with van der Waals surface area (Å²) >= 11 is 0. The van der Waals surface area contributed by atoms with E-state index >= 15 is 0 Å². The lowest BCUT2D eigenvalue weighted by Crippen LogP contribution is -2.58. The van der Waals surface area contributed by atoms with E-state index in [1.165, 1.54) is 21.1 Å². The van der Waals surface area contributed by atoms with Crippen molar-refractivity contribution in [2.24, 2.45) is 0 Å². The Morgan fingerprint density at radius 2 is 1.24 bits per heavy atom. The van der Waals surface area contributed by atoms with Crippen LogP contribution in [0, 0.1) is 0 Å². The Bertz CT molecular complexity index is 1270. The molecule has 1 aliphatic heterocycles. The fourth-order valence-corrected chi connectivity index (χ4v) is 4.11. The number of aliphatic hydroxyl groups excluding tert-OH is 3. The quantitative estimate of drug-likeness (QED) is 0.193. The van der Waals surface area contributed by atoms with E-state index in [0.717, 1.165) is 12.1 Å². The molecule has 8 N–H and O–H groups in total. The number of aliphatic hydroxyl groups is 3. The van der Waals surface area contributed by atoms with Gasteiger partial charge in [0.05, 0.1) is 31.1 Å². The van der Waals surface area contributed by atoms with E-state index in [-0.39, 0.29) is 38.8 Å². The molecule has 0 spiro atoms. The molecule has 1 aliphatic rings. The smallest absolute Gasteiger partial charge is 0.229 e. The first-order chi connectivity index (χ1) is 16.0. The zero-order valence-electron chi connectivity index (χ0n) is 18.3. The Hall–Kier alpha value is -3.58. The highest BCUT2D eigenvalue weighted by atomic mass is 16.7. The van der Waals surface area contributed by atoms with Crippen LogP contribution in [-0.4, -0.2) is 85.8 Å². The second kappa shape index (κ2) is 8.33. The number of hydrogen-bond acceptors (Lipinski definition) is 12. The van der Waals surface area contributed by atoms with Crippen molar-refractivity contribution in [1.82, 2.24) is 0 Å². The lowest BCUT2D eigenvalue weighted by molar-refractivity contribution is -0.268. The van der Waals surface area contributed by atoms with E-state index in [2.05, 4.69) is 0 Å². The molecule has 184 valence electrons. The number of rotatable bonds is 4. The number of phenolic OH excluding ortho intramolecular Hbond substituents is 5. The first kappa shape index (κ1) is 23.6. The first-order valence-corrected chi connectivity index (χ1v) is 10.1.